The third kappa shape index (κ3) is 6.60. The van der Waals surface area contributed by atoms with Gasteiger partial charge in [0.15, 0.2) is 0 Å². The lowest BCUT2D eigenvalue weighted by atomic mass is 9.96. The van der Waals surface area contributed by atoms with Crippen LogP contribution in [-0.4, -0.2) is 25.0 Å². The SMILES string of the molecule is CCCCC(CCC)NC(=O)C1CCNCC1.Cl. The molecule has 2 N–H and O–H groups in total. The van der Waals surface area contributed by atoms with Gasteiger partial charge in [-0.15, -0.1) is 12.4 Å². The van der Waals surface area contributed by atoms with Gasteiger partial charge in [0, 0.05) is 12.0 Å². The summed E-state index contributed by atoms with van der Waals surface area (Å²) in [6, 6.07) is 0.405. The molecule has 1 saturated heterocycles. The van der Waals surface area contributed by atoms with Gasteiger partial charge < -0.3 is 10.6 Å². The molecule has 1 heterocycles. The second-order valence-corrected chi connectivity index (χ2v) is 5.16. The molecule has 0 aromatic heterocycles. The van der Waals surface area contributed by atoms with Crippen LogP contribution in [0.4, 0.5) is 0 Å². The number of rotatable bonds is 7. The summed E-state index contributed by atoms with van der Waals surface area (Å²) >= 11 is 0. The van der Waals surface area contributed by atoms with E-state index in [1.165, 1.54) is 12.8 Å². The van der Waals surface area contributed by atoms with Crippen LogP contribution in [0.25, 0.3) is 0 Å². The summed E-state index contributed by atoms with van der Waals surface area (Å²) in [5.41, 5.74) is 0. The lowest BCUT2D eigenvalue weighted by molar-refractivity contribution is -0.126. The lowest BCUT2D eigenvalue weighted by Crippen LogP contribution is -2.42. The Balaban J connectivity index is 0.00000289. The largest absolute Gasteiger partial charge is 0.353 e. The Hall–Kier alpha value is -0.280. The van der Waals surface area contributed by atoms with Gasteiger partial charge in [-0.25, -0.2) is 0 Å². The molecule has 1 aliphatic heterocycles. The highest BCUT2D eigenvalue weighted by Gasteiger charge is 2.22. The molecule has 0 radical (unpaired) electrons. The number of hydrogen-bond acceptors (Lipinski definition) is 2. The van der Waals surface area contributed by atoms with Gasteiger partial charge in [-0.05, 0) is 38.8 Å². The molecular weight excluding hydrogens is 248 g/mol. The average molecular weight is 277 g/mol. The van der Waals surface area contributed by atoms with E-state index >= 15 is 0 Å². The Morgan fingerprint density at radius 2 is 1.89 bits per heavy atom. The van der Waals surface area contributed by atoms with Crippen molar-refractivity contribution in [3.8, 4) is 0 Å². The quantitative estimate of drug-likeness (QED) is 0.751. The molecule has 18 heavy (non-hydrogen) atoms. The summed E-state index contributed by atoms with van der Waals surface area (Å²) in [5.74, 6) is 0.540. The predicted molar refractivity (Wildman–Crippen MR) is 79.2 cm³/mol. The lowest BCUT2D eigenvalue weighted by Gasteiger charge is -2.25. The highest BCUT2D eigenvalue weighted by Crippen LogP contribution is 2.14. The number of unbranched alkanes of at least 4 members (excludes halogenated alkanes) is 1. The molecule has 0 aromatic rings. The van der Waals surface area contributed by atoms with Gasteiger partial charge >= 0.3 is 0 Å². The summed E-state index contributed by atoms with van der Waals surface area (Å²) in [5, 5.41) is 6.56. The van der Waals surface area contributed by atoms with Gasteiger partial charge in [-0.1, -0.05) is 33.1 Å². The third-order valence-corrected chi connectivity index (χ3v) is 3.60. The Bertz CT molecular complexity index is 218. The van der Waals surface area contributed by atoms with Crippen molar-refractivity contribution in [2.75, 3.05) is 13.1 Å². The Labute approximate surface area is 118 Å². The van der Waals surface area contributed by atoms with Crippen LogP contribution >= 0.6 is 12.4 Å². The van der Waals surface area contributed by atoms with Crippen molar-refractivity contribution in [3.63, 3.8) is 0 Å². The number of carbonyl (C=O) groups excluding carboxylic acids is 1. The molecule has 0 spiro atoms. The van der Waals surface area contributed by atoms with Crippen molar-refractivity contribution >= 4 is 18.3 Å². The summed E-state index contributed by atoms with van der Waals surface area (Å²) in [4.78, 5) is 12.1. The van der Waals surface area contributed by atoms with Crippen LogP contribution in [0.2, 0.25) is 0 Å². The van der Waals surface area contributed by atoms with E-state index in [4.69, 9.17) is 0 Å². The number of piperidine rings is 1. The van der Waals surface area contributed by atoms with Crippen molar-refractivity contribution in [3.05, 3.63) is 0 Å². The smallest absolute Gasteiger partial charge is 0.223 e. The average Bonchev–Trinajstić information content (AvgIpc) is 2.37. The highest BCUT2D eigenvalue weighted by atomic mass is 35.5. The molecular formula is C14H29ClN2O. The van der Waals surface area contributed by atoms with Crippen molar-refractivity contribution in [2.45, 2.75) is 64.8 Å². The minimum Gasteiger partial charge on any atom is -0.353 e. The van der Waals surface area contributed by atoms with E-state index in [-0.39, 0.29) is 18.3 Å². The molecule has 0 aliphatic carbocycles. The van der Waals surface area contributed by atoms with E-state index in [0.717, 1.165) is 45.2 Å². The van der Waals surface area contributed by atoms with E-state index in [1.54, 1.807) is 0 Å². The van der Waals surface area contributed by atoms with Gasteiger partial charge in [-0.2, -0.15) is 0 Å². The fourth-order valence-electron chi connectivity index (χ4n) is 2.49. The standard InChI is InChI=1S/C14H28N2O.ClH/c1-3-5-7-13(6-4-2)16-14(17)12-8-10-15-11-9-12;/h12-13,15H,3-11H2,1-2H3,(H,16,17);1H. The second kappa shape index (κ2) is 10.6. The molecule has 0 saturated carbocycles. The minimum atomic E-state index is 0. The summed E-state index contributed by atoms with van der Waals surface area (Å²) in [7, 11) is 0. The van der Waals surface area contributed by atoms with Crippen LogP contribution in [0.1, 0.15) is 58.8 Å². The number of carbonyl (C=O) groups is 1. The molecule has 1 fully saturated rings. The maximum absolute atomic E-state index is 12.1. The number of amides is 1. The molecule has 4 heteroatoms. The summed E-state index contributed by atoms with van der Waals surface area (Å²) in [6.45, 7) is 6.38. The van der Waals surface area contributed by atoms with E-state index in [2.05, 4.69) is 24.5 Å². The monoisotopic (exact) mass is 276 g/mol. The zero-order valence-electron chi connectivity index (χ0n) is 11.8. The minimum absolute atomic E-state index is 0. The van der Waals surface area contributed by atoms with Gasteiger partial charge in [-0.3, -0.25) is 4.79 Å². The maximum Gasteiger partial charge on any atom is 0.223 e. The first-order valence-corrected chi connectivity index (χ1v) is 7.29. The topological polar surface area (TPSA) is 41.1 Å². The molecule has 108 valence electrons. The van der Waals surface area contributed by atoms with Crippen LogP contribution in [0.15, 0.2) is 0 Å². The zero-order chi connectivity index (χ0) is 12.5. The maximum atomic E-state index is 12.1. The van der Waals surface area contributed by atoms with Gasteiger partial charge in [0.2, 0.25) is 5.91 Å². The van der Waals surface area contributed by atoms with Gasteiger partial charge in [0.05, 0.1) is 0 Å². The van der Waals surface area contributed by atoms with Crippen molar-refractivity contribution in [1.29, 1.82) is 0 Å². The van der Waals surface area contributed by atoms with Gasteiger partial charge in [0.25, 0.3) is 0 Å². The Kier molecular flexibility index (Phi) is 10.5. The molecule has 0 bridgehead atoms. The van der Waals surface area contributed by atoms with E-state index in [9.17, 15) is 4.79 Å². The Morgan fingerprint density at radius 1 is 1.22 bits per heavy atom. The van der Waals surface area contributed by atoms with E-state index < -0.39 is 0 Å². The van der Waals surface area contributed by atoms with Crippen molar-refractivity contribution in [2.24, 2.45) is 5.92 Å². The first-order chi connectivity index (χ1) is 8.27. The highest BCUT2D eigenvalue weighted by molar-refractivity contribution is 5.85. The number of nitrogens with one attached hydrogen (secondary N) is 2. The van der Waals surface area contributed by atoms with Crippen LogP contribution < -0.4 is 10.6 Å². The molecule has 1 rings (SSSR count). The van der Waals surface area contributed by atoms with Crippen molar-refractivity contribution in [1.82, 2.24) is 10.6 Å². The predicted octanol–water partition coefficient (Wildman–Crippen LogP) is 2.88. The number of hydrogen-bond donors (Lipinski definition) is 2. The molecule has 1 aliphatic rings. The van der Waals surface area contributed by atoms with Crippen LogP contribution in [0, 0.1) is 5.92 Å². The van der Waals surface area contributed by atoms with Crippen LogP contribution in [0.3, 0.4) is 0 Å². The van der Waals surface area contributed by atoms with Crippen molar-refractivity contribution < 1.29 is 4.79 Å². The van der Waals surface area contributed by atoms with E-state index in [1.807, 2.05) is 0 Å². The van der Waals surface area contributed by atoms with Crippen LogP contribution in [0.5, 0.6) is 0 Å². The summed E-state index contributed by atoms with van der Waals surface area (Å²) < 4.78 is 0. The molecule has 0 aromatic carbocycles. The third-order valence-electron chi connectivity index (χ3n) is 3.60. The second-order valence-electron chi connectivity index (χ2n) is 5.16. The van der Waals surface area contributed by atoms with Gasteiger partial charge in [0.1, 0.15) is 0 Å². The fraction of sp³-hybridized carbons (Fsp3) is 0.929. The molecule has 1 unspecified atom stereocenters. The first-order valence-electron chi connectivity index (χ1n) is 7.29. The first kappa shape index (κ1) is 17.7. The molecule has 1 amide bonds. The fourth-order valence-corrected chi connectivity index (χ4v) is 2.49. The van der Waals surface area contributed by atoms with Crippen LogP contribution in [-0.2, 0) is 4.79 Å². The molecule has 3 nitrogen and oxygen atoms in total. The molecule has 1 atom stereocenters. The Morgan fingerprint density at radius 3 is 2.44 bits per heavy atom. The summed E-state index contributed by atoms with van der Waals surface area (Å²) in [6.07, 6.45) is 7.84. The normalized spacial score (nSPS) is 17.9. The number of halogens is 1. The van der Waals surface area contributed by atoms with E-state index in [0.29, 0.717) is 11.9 Å². The zero-order valence-corrected chi connectivity index (χ0v) is 12.7.